The van der Waals surface area contributed by atoms with Crippen molar-refractivity contribution in [2.45, 2.75) is 75.4 Å². The number of nitrogens with one attached hydrogen (secondary N) is 3. The van der Waals surface area contributed by atoms with Gasteiger partial charge in [0.15, 0.2) is 10.8 Å². The molecule has 46 heavy (non-hydrogen) atoms. The molecule has 2 fully saturated rings. The number of carbonyl (C=O) groups excluding carboxylic acids is 1. The Morgan fingerprint density at radius 2 is 2.00 bits per heavy atom. The summed E-state index contributed by atoms with van der Waals surface area (Å²) in [5.74, 6) is -0.765. The second-order valence-electron chi connectivity index (χ2n) is 11.6. The van der Waals surface area contributed by atoms with E-state index in [-0.39, 0.29) is 79.4 Å². The second-order valence-corrected chi connectivity index (χ2v) is 13.5. The standard InChI is InChI=1S/C30H37ClF3N7O4S/c1-28(2)18-20(19-36-28)6-4-15-35-22-7-3-8-25(37-22)46(43,44)40-27(42)21-9-10-23(38-26(21)31)41-16-11-24(39-41)45-17-5-12-29(13-14-29)30(32,33)34/h3,7-11,16,20,36H,4-6,12-15,17-19H2,1-2H3,(H,35,37)(H,40,42)/i1D3,2D3. The highest BCUT2D eigenvalue weighted by Crippen LogP contribution is 2.60. The average Bonchev–Trinajstić information content (AvgIpc) is 3.47. The van der Waals surface area contributed by atoms with Crippen LogP contribution >= 0.6 is 11.6 Å². The molecule has 250 valence electrons. The Balaban J connectivity index is 1.11. The number of nitrogens with zero attached hydrogens (tertiary/aromatic N) is 4. The molecule has 11 nitrogen and oxygen atoms in total. The number of amides is 1. The number of hydrogen-bond donors (Lipinski definition) is 3. The zero-order valence-electron chi connectivity index (χ0n) is 30.5. The van der Waals surface area contributed by atoms with Crippen LogP contribution in [0.3, 0.4) is 0 Å². The highest BCUT2D eigenvalue weighted by atomic mass is 35.5. The van der Waals surface area contributed by atoms with Crippen LogP contribution in [0.15, 0.2) is 47.6 Å². The predicted octanol–water partition coefficient (Wildman–Crippen LogP) is 5.52. The van der Waals surface area contributed by atoms with Crippen molar-refractivity contribution in [1.29, 1.82) is 0 Å². The van der Waals surface area contributed by atoms with Crippen molar-refractivity contribution in [3.8, 4) is 11.7 Å². The molecule has 2 aliphatic rings. The van der Waals surface area contributed by atoms with Crippen molar-refractivity contribution < 1.29 is 39.3 Å². The van der Waals surface area contributed by atoms with E-state index in [1.807, 2.05) is 4.72 Å². The molecule has 1 unspecified atom stereocenters. The molecule has 5 rings (SSSR count). The Hall–Kier alpha value is -3.43. The normalized spacial score (nSPS) is 21.2. The van der Waals surface area contributed by atoms with Gasteiger partial charge >= 0.3 is 6.18 Å². The number of alkyl halides is 3. The van der Waals surface area contributed by atoms with Crippen molar-refractivity contribution in [3.05, 3.63) is 53.3 Å². The largest absolute Gasteiger partial charge is 0.477 e. The Morgan fingerprint density at radius 3 is 2.70 bits per heavy atom. The zero-order chi connectivity index (χ0) is 38.2. The van der Waals surface area contributed by atoms with E-state index in [4.69, 9.17) is 24.6 Å². The fourth-order valence-corrected chi connectivity index (χ4v) is 6.42. The molecule has 3 aromatic rings. The molecule has 3 aromatic heterocycles. The smallest absolute Gasteiger partial charge is 0.394 e. The molecular weight excluding hydrogens is 647 g/mol. The number of pyridine rings is 2. The van der Waals surface area contributed by atoms with Crippen LogP contribution < -0.4 is 20.1 Å². The van der Waals surface area contributed by atoms with Crippen molar-refractivity contribution in [3.63, 3.8) is 0 Å². The molecule has 0 bridgehead atoms. The quantitative estimate of drug-likeness (QED) is 0.148. The molecule has 3 N–H and O–H groups in total. The number of anilines is 1. The third-order valence-electron chi connectivity index (χ3n) is 7.99. The maximum atomic E-state index is 13.1. The van der Waals surface area contributed by atoms with Crippen LogP contribution in [-0.2, 0) is 10.0 Å². The molecule has 1 atom stereocenters. The number of ether oxygens (including phenoxy) is 1. The second kappa shape index (κ2) is 13.4. The minimum Gasteiger partial charge on any atom is -0.477 e. The summed E-state index contributed by atoms with van der Waals surface area (Å²) in [5, 5.41) is 9.10. The number of aromatic nitrogens is 4. The van der Waals surface area contributed by atoms with E-state index in [2.05, 4.69) is 25.7 Å². The van der Waals surface area contributed by atoms with Crippen molar-refractivity contribution in [2.24, 2.45) is 11.3 Å². The lowest BCUT2D eigenvalue weighted by Gasteiger charge is -2.18. The van der Waals surface area contributed by atoms with Gasteiger partial charge in [0.05, 0.1) is 17.6 Å². The Labute approximate surface area is 279 Å². The van der Waals surface area contributed by atoms with Crippen LogP contribution in [-0.4, -0.2) is 65.5 Å². The predicted molar refractivity (Wildman–Crippen MR) is 166 cm³/mol. The van der Waals surface area contributed by atoms with Gasteiger partial charge in [0.2, 0.25) is 5.88 Å². The van der Waals surface area contributed by atoms with E-state index in [0.29, 0.717) is 19.4 Å². The summed E-state index contributed by atoms with van der Waals surface area (Å²) in [6.07, 6.45) is -1.33. The van der Waals surface area contributed by atoms with Gasteiger partial charge in [-0.05, 0) is 95.4 Å². The fraction of sp³-hybridized carbons (Fsp3) is 0.533. The van der Waals surface area contributed by atoms with Gasteiger partial charge < -0.3 is 15.4 Å². The SMILES string of the molecule is [2H]C([2H])([2H])C1(C([2H])([2H])[2H])CC(CCCNc2cccc(S(=O)(=O)NC(=O)c3ccc(-n4ccc(OCCCC5(C(F)(F)F)CC5)n4)nc3Cl)n2)CN1. The molecule has 1 saturated heterocycles. The van der Waals surface area contributed by atoms with E-state index in [9.17, 15) is 26.4 Å². The molecule has 1 aliphatic heterocycles. The first kappa shape index (κ1) is 26.6. The molecular formula is C30H37ClF3N7O4S. The Bertz CT molecular complexity index is 1860. The summed E-state index contributed by atoms with van der Waals surface area (Å²) in [5.41, 5.74) is -3.83. The maximum Gasteiger partial charge on any atom is 0.394 e. The van der Waals surface area contributed by atoms with E-state index >= 15 is 0 Å². The van der Waals surface area contributed by atoms with Crippen LogP contribution in [0.4, 0.5) is 19.0 Å². The summed E-state index contributed by atoms with van der Waals surface area (Å²) in [6, 6.07) is 8.23. The number of rotatable bonds is 14. The monoisotopic (exact) mass is 689 g/mol. The first-order valence-corrected chi connectivity index (χ1v) is 16.5. The molecule has 0 radical (unpaired) electrons. The van der Waals surface area contributed by atoms with E-state index in [0.717, 1.165) is 0 Å². The Kier molecular flexibility index (Phi) is 7.73. The van der Waals surface area contributed by atoms with Crippen LogP contribution in [0.1, 0.15) is 77.2 Å². The van der Waals surface area contributed by atoms with Crippen LogP contribution in [0.2, 0.25) is 5.15 Å². The number of halogens is 4. The maximum absolute atomic E-state index is 13.1. The molecule has 16 heteroatoms. The van der Waals surface area contributed by atoms with Gasteiger partial charge in [0.25, 0.3) is 15.9 Å². The van der Waals surface area contributed by atoms with E-state index in [1.54, 1.807) is 0 Å². The van der Waals surface area contributed by atoms with Gasteiger partial charge in [-0.25, -0.2) is 19.4 Å². The lowest BCUT2D eigenvalue weighted by Crippen LogP contribution is -2.31. The highest BCUT2D eigenvalue weighted by Gasteiger charge is 2.62. The van der Waals surface area contributed by atoms with Gasteiger partial charge in [0.1, 0.15) is 11.0 Å². The fourth-order valence-electron chi connectivity index (χ4n) is 5.25. The summed E-state index contributed by atoms with van der Waals surface area (Å²) in [4.78, 5) is 21.1. The summed E-state index contributed by atoms with van der Waals surface area (Å²) < 4.78 is 121. The van der Waals surface area contributed by atoms with Gasteiger partial charge in [-0.3, -0.25) is 4.79 Å². The minimum atomic E-state index is -4.46. The third-order valence-corrected chi connectivity index (χ3v) is 9.51. The van der Waals surface area contributed by atoms with Gasteiger partial charge in [-0.1, -0.05) is 17.7 Å². The summed E-state index contributed by atoms with van der Waals surface area (Å²) >= 11 is 6.23. The molecule has 1 saturated carbocycles. The van der Waals surface area contributed by atoms with Gasteiger partial charge in [-0.15, -0.1) is 5.10 Å². The average molecular weight is 690 g/mol. The zero-order valence-corrected chi connectivity index (χ0v) is 26.1. The van der Waals surface area contributed by atoms with Crippen LogP contribution in [0.5, 0.6) is 5.88 Å². The third kappa shape index (κ3) is 8.28. The number of hydrogen-bond acceptors (Lipinski definition) is 9. The molecule has 1 aliphatic carbocycles. The minimum absolute atomic E-state index is 0.0253. The molecule has 0 aromatic carbocycles. The molecule has 0 spiro atoms. The van der Waals surface area contributed by atoms with Crippen molar-refractivity contribution >= 4 is 33.3 Å². The van der Waals surface area contributed by atoms with E-state index in [1.165, 1.54) is 47.3 Å². The summed E-state index contributed by atoms with van der Waals surface area (Å²) in [7, 11) is -4.46. The van der Waals surface area contributed by atoms with Crippen LogP contribution in [0.25, 0.3) is 5.82 Å². The first-order valence-electron chi connectivity index (χ1n) is 17.6. The molecule has 1 amide bonds. The number of carbonyl (C=O) groups is 1. The first-order chi connectivity index (χ1) is 24.2. The number of sulfonamides is 1. The summed E-state index contributed by atoms with van der Waals surface area (Å²) in [6.45, 7) is -4.82. The van der Waals surface area contributed by atoms with Crippen LogP contribution in [0, 0.1) is 11.3 Å². The van der Waals surface area contributed by atoms with Gasteiger partial charge in [-0.2, -0.15) is 21.6 Å². The molecule has 4 heterocycles. The highest BCUT2D eigenvalue weighted by molar-refractivity contribution is 7.90. The topological polar surface area (TPSA) is 140 Å². The Morgan fingerprint density at radius 1 is 1.20 bits per heavy atom. The van der Waals surface area contributed by atoms with Gasteiger partial charge in [0, 0.05) is 32.6 Å². The lowest BCUT2D eigenvalue weighted by atomic mass is 9.94. The van der Waals surface area contributed by atoms with Crippen molar-refractivity contribution in [2.75, 3.05) is 25.0 Å². The lowest BCUT2D eigenvalue weighted by molar-refractivity contribution is -0.189. The van der Waals surface area contributed by atoms with E-state index < -0.39 is 51.8 Å². The van der Waals surface area contributed by atoms with Crippen molar-refractivity contribution in [1.82, 2.24) is 29.8 Å².